The molecule has 0 unspecified atom stereocenters. The molecule has 5 nitrogen and oxygen atoms in total. The first-order valence-electron chi connectivity index (χ1n) is 11.7. The minimum absolute atomic E-state index is 0.0782. The quantitative estimate of drug-likeness (QED) is 0.443. The van der Waals surface area contributed by atoms with Crippen LogP contribution in [0.3, 0.4) is 0 Å². The summed E-state index contributed by atoms with van der Waals surface area (Å²) in [6.07, 6.45) is 2.50. The highest BCUT2D eigenvalue weighted by Gasteiger charge is 2.40. The van der Waals surface area contributed by atoms with Crippen LogP contribution in [0.4, 0.5) is 10.1 Å². The maximum absolute atomic E-state index is 14.3. The monoisotopic (exact) mass is 482 g/mol. The van der Waals surface area contributed by atoms with E-state index in [0.29, 0.717) is 12.3 Å². The lowest BCUT2D eigenvalue weighted by Crippen LogP contribution is -2.36. The van der Waals surface area contributed by atoms with Crippen LogP contribution < -0.4 is 10.6 Å². The zero-order valence-corrected chi connectivity index (χ0v) is 21.0. The SMILES string of the molecule is CC(C)c1ccc(NC(=O)[C@@H]2C[C@H](c3ccn(C(C)(C)C)n3)[C@H](c3ccc(Cl)c(F)c3)N2)cc1. The van der Waals surface area contributed by atoms with Crippen molar-refractivity contribution in [2.45, 2.75) is 70.5 Å². The molecule has 34 heavy (non-hydrogen) atoms. The summed E-state index contributed by atoms with van der Waals surface area (Å²) in [5.41, 5.74) is 3.43. The van der Waals surface area contributed by atoms with Crippen molar-refractivity contribution in [2.75, 3.05) is 5.32 Å². The molecule has 0 radical (unpaired) electrons. The van der Waals surface area contributed by atoms with E-state index >= 15 is 0 Å². The summed E-state index contributed by atoms with van der Waals surface area (Å²) in [5, 5.41) is 11.3. The Balaban J connectivity index is 1.59. The first-order valence-corrected chi connectivity index (χ1v) is 12.1. The number of rotatable bonds is 5. The third-order valence-electron chi connectivity index (χ3n) is 6.41. The molecule has 2 heterocycles. The second-order valence-electron chi connectivity index (χ2n) is 10.3. The van der Waals surface area contributed by atoms with Gasteiger partial charge in [0.25, 0.3) is 0 Å². The second kappa shape index (κ2) is 9.51. The Hall–Kier alpha value is -2.70. The lowest BCUT2D eigenvalue weighted by atomic mass is 9.90. The Labute approximate surface area is 205 Å². The molecule has 2 aromatic carbocycles. The van der Waals surface area contributed by atoms with Gasteiger partial charge in [-0.1, -0.05) is 43.6 Å². The Morgan fingerprint density at radius 2 is 1.88 bits per heavy atom. The average Bonchev–Trinajstić information content (AvgIpc) is 3.43. The van der Waals surface area contributed by atoms with Gasteiger partial charge in [-0.15, -0.1) is 0 Å². The molecule has 180 valence electrons. The summed E-state index contributed by atoms with van der Waals surface area (Å²) in [6.45, 7) is 10.5. The third kappa shape index (κ3) is 5.18. The molecule has 1 saturated heterocycles. The van der Waals surface area contributed by atoms with Gasteiger partial charge in [0.05, 0.1) is 22.3 Å². The minimum Gasteiger partial charge on any atom is -0.325 e. The molecule has 0 aliphatic carbocycles. The van der Waals surface area contributed by atoms with Crippen LogP contribution in [-0.4, -0.2) is 21.7 Å². The van der Waals surface area contributed by atoms with Gasteiger partial charge in [-0.25, -0.2) is 4.39 Å². The Morgan fingerprint density at radius 1 is 1.18 bits per heavy atom. The van der Waals surface area contributed by atoms with E-state index in [4.69, 9.17) is 16.7 Å². The van der Waals surface area contributed by atoms with Crippen molar-refractivity contribution in [1.82, 2.24) is 15.1 Å². The van der Waals surface area contributed by atoms with Crippen molar-refractivity contribution in [3.63, 3.8) is 0 Å². The van der Waals surface area contributed by atoms with E-state index in [2.05, 4.69) is 45.3 Å². The predicted molar refractivity (Wildman–Crippen MR) is 135 cm³/mol. The highest BCUT2D eigenvalue weighted by atomic mass is 35.5. The van der Waals surface area contributed by atoms with Gasteiger partial charge in [-0.05, 0) is 74.6 Å². The van der Waals surface area contributed by atoms with Crippen LogP contribution in [0.25, 0.3) is 0 Å². The normalized spacial score (nSPS) is 20.6. The number of halogens is 2. The first kappa shape index (κ1) is 24.4. The number of hydrogen-bond acceptors (Lipinski definition) is 3. The van der Waals surface area contributed by atoms with E-state index in [9.17, 15) is 9.18 Å². The summed E-state index contributed by atoms with van der Waals surface area (Å²) in [7, 11) is 0. The number of carbonyl (C=O) groups excluding carboxylic acids is 1. The average molecular weight is 483 g/mol. The molecule has 3 aromatic rings. The smallest absolute Gasteiger partial charge is 0.241 e. The van der Waals surface area contributed by atoms with E-state index in [0.717, 1.165) is 16.9 Å². The van der Waals surface area contributed by atoms with Gasteiger partial charge < -0.3 is 5.32 Å². The van der Waals surface area contributed by atoms with Gasteiger partial charge in [0.2, 0.25) is 5.91 Å². The van der Waals surface area contributed by atoms with Crippen molar-refractivity contribution >= 4 is 23.2 Å². The fraction of sp³-hybridized carbons (Fsp3) is 0.407. The van der Waals surface area contributed by atoms with Crippen LogP contribution in [0.1, 0.15) is 75.7 Å². The molecule has 0 bridgehead atoms. The van der Waals surface area contributed by atoms with E-state index in [1.165, 1.54) is 11.6 Å². The van der Waals surface area contributed by atoms with Crippen LogP contribution in [0.5, 0.6) is 0 Å². The van der Waals surface area contributed by atoms with Crippen LogP contribution in [0, 0.1) is 5.82 Å². The molecule has 1 aliphatic rings. The zero-order valence-electron chi connectivity index (χ0n) is 20.3. The highest BCUT2D eigenvalue weighted by molar-refractivity contribution is 6.30. The van der Waals surface area contributed by atoms with Crippen molar-refractivity contribution in [2.24, 2.45) is 0 Å². The van der Waals surface area contributed by atoms with Crippen LogP contribution in [0.15, 0.2) is 54.7 Å². The molecule has 1 amide bonds. The minimum atomic E-state index is -0.474. The van der Waals surface area contributed by atoms with Gasteiger partial charge in [0, 0.05) is 23.8 Å². The number of carbonyl (C=O) groups is 1. The highest BCUT2D eigenvalue weighted by Crippen LogP contribution is 2.41. The van der Waals surface area contributed by atoms with Gasteiger partial charge in [0.15, 0.2) is 0 Å². The molecule has 4 rings (SSSR count). The lowest BCUT2D eigenvalue weighted by molar-refractivity contribution is -0.117. The first-order chi connectivity index (χ1) is 16.0. The molecule has 2 N–H and O–H groups in total. The fourth-order valence-electron chi connectivity index (χ4n) is 4.39. The number of aromatic nitrogens is 2. The predicted octanol–water partition coefficient (Wildman–Crippen LogP) is 6.38. The van der Waals surface area contributed by atoms with E-state index in [1.807, 2.05) is 47.3 Å². The summed E-state index contributed by atoms with van der Waals surface area (Å²) in [5.74, 6) is -0.258. The van der Waals surface area contributed by atoms with Crippen molar-refractivity contribution in [3.05, 3.63) is 82.4 Å². The van der Waals surface area contributed by atoms with E-state index in [-0.39, 0.29) is 28.4 Å². The molecule has 0 spiro atoms. The zero-order chi connectivity index (χ0) is 24.6. The van der Waals surface area contributed by atoms with Crippen molar-refractivity contribution in [1.29, 1.82) is 0 Å². The molecular formula is C27H32ClFN4O. The summed E-state index contributed by atoms with van der Waals surface area (Å²) in [4.78, 5) is 13.2. The largest absolute Gasteiger partial charge is 0.325 e. The third-order valence-corrected chi connectivity index (χ3v) is 6.72. The summed E-state index contributed by atoms with van der Waals surface area (Å²) < 4.78 is 16.2. The maximum atomic E-state index is 14.3. The molecule has 1 aromatic heterocycles. The molecule has 1 fully saturated rings. The van der Waals surface area contributed by atoms with E-state index < -0.39 is 11.9 Å². The van der Waals surface area contributed by atoms with Crippen molar-refractivity contribution < 1.29 is 9.18 Å². The van der Waals surface area contributed by atoms with Crippen LogP contribution in [-0.2, 0) is 10.3 Å². The van der Waals surface area contributed by atoms with Crippen molar-refractivity contribution in [3.8, 4) is 0 Å². The number of nitrogens with zero attached hydrogens (tertiary/aromatic N) is 2. The summed E-state index contributed by atoms with van der Waals surface area (Å²) >= 11 is 5.92. The molecule has 3 atom stereocenters. The van der Waals surface area contributed by atoms with Crippen LogP contribution in [0.2, 0.25) is 5.02 Å². The summed E-state index contributed by atoms with van der Waals surface area (Å²) in [6, 6.07) is 14.0. The molecule has 0 saturated carbocycles. The van der Waals surface area contributed by atoms with Gasteiger partial charge in [-0.3, -0.25) is 14.8 Å². The van der Waals surface area contributed by atoms with Gasteiger partial charge in [0.1, 0.15) is 5.82 Å². The number of amides is 1. The number of hydrogen-bond donors (Lipinski definition) is 2. The van der Waals surface area contributed by atoms with Gasteiger partial charge >= 0.3 is 0 Å². The number of nitrogens with one attached hydrogen (secondary N) is 2. The Morgan fingerprint density at radius 3 is 2.47 bits per heavy atom. The van der Waals surface area contributed by atoms with Gasteiger partial charge in [-0.2, -0.15) is 5.10 Å². The van der Waals surface area contributed by atoms with E-state index in [1.54, 1.807) is 6.07 Å². The second-order valence-corrected chi connectivity index (χ2v) is 10.7. The standard InChI is InChI=1S/C27H32ClFN4O/c1-16(2)17-6-9-19(10-7-17)30-26(34)24-15-20(23-12-13-33(32-23)27(3,4)5)25(31-24)18-8-11-21(28)22(29)14-18/h6-14,16,20,24-25,31H,15H2,1-5H3,(H,30,34)/t20-,24+,25+/m1/s1. The number of benzene rings is 2. The lowest BCUT2D eigenvalue weighted by Gasteiger charge is -2.21. The molecular weight excluding hydrogens is 451 g/mol. The fourth-order valence-corrected chi connectivity index (χ4v) is 4.51. The topological polar surface area (TPSA) is 59.0 Å². The van der Waals surface area contributed by atoms with Crippen LogP contribution >= 0.6 is 11.6 Å². The molecule has 1 aliphatic heterocycles. The Bertz CT molecular complexity index is 1170. The maximum Gasteiger partial charge on any atom is 0.241 e. The Kier molecular flexibility index (Phi) is 6.83. The number of anilines is 1. The molecule has 7 heteroatoms.